The van der Waals surface area contributed by atoms with Crippen LogP contribution in [0, 0.1) is 5.92 Å². The molecule has 0 radical (unpaired) electrons. The molecule has 1 rings (SSSR count). The lowest BCUT2D eigenvalue weighted by Crippen LogP contribution is -2.08. The van der Waals surface area contributed by atoms with Crippen LogP contribution in [0.4, 0.5) is 0 Å². The van der Waals surface area contributed by atoms with Crippen molar-refractivity contribution in [2.75, 3.05) is 0 Å². The number of hydrogen-bond acceptors (Lipinski definition) is 1. The van der Waals surface area contributed by atoms with E-state index in [1.807, 2.05) is 0 Å². The fourth-order valence-corrected chi connectivity index (χ4v) is 2.72. The van der Waals surface area contributed by atoms with E-state index >= 15 is 0 Å². The first-order valence-electron chi connectivity index (χ1n) is 7.35. The van der Waals surface area contributed by atoms with Gasteiger partial charge >= 0.3 is 0 Å². The molecule has 1 fully saturated rings. The lowest BCUT2D eigenvalue weighted by Gasteiger charge is -2.14. The topological polar surface area (TPSA) is 17.1 Å². The van der Waals surface area contributed by atoms with E-state index in [4.69, 9.17) is 0 Å². The van der Waals surface area contributed by atoms with Gasteiger partial charge in [0.2, 0.25) is 0 Å². The number of rotatable bonds is 1. The Bertz CT molecular complexity index is 248. The minimum Gasteiger partial charge on any atom is -0.300 e. The molecule has 0 amide bonds. The zero-order valence-corrected chi connectivity index (χ0v) is 11.6. The number of allylic oxidation sites excluding steroid dienone is 2. The van der Waals surface area contributed by atoms with Gasteiger partial charge in [0.1, 0.15) is 5.78 Å². The maximum Gasteiger partial charge on any atom is 0.133 e. The fraction of sp³-hybridized carbons (Fsp3) is 0.812. The third-order valence-corrected chi connectivity index (χ3v) is 3.59. The predicted molar refractivity (Wildman–Crippen MR) is 74.1 cm³/mol. The SMILES string of the molecule is CC(C)=CC1CCCCCCCCCC(=O)C1. The normalized spacial score (nSPS) is 24.6. The van der Waals surface area contributed by atoms with E-state index in [1.54, 1.807) is 0 Å². The van der Waals surface area contributed by atoms with Crippen molar-refractivity contribution in [1.29, 1.82) is 0 Å². The van der Waals surface area contributed by atoms with Crippen LogP contribution < -0.4 is 0 Å². The molecule has 1 nitrogen and oxygen atoms in total. The Kier molecular flexibility index (Phi) is 7.23. The molecule has 0 N–H and O–H groups in total. The molecule has 0 bridgehead atoms. The van der Waals surface area contributed by atoms with Crippen LogP contribution in [-0.2, 0) is 4.79 Å². The molecule has 17 heavy (non-hydrogen) atoms. The van der Waals surface area contributed by atoms with Gasteiger partial charge in [-0.15, -0.1) is 0 Å². The number of carbonyl (C=O) groups is 1. The second-order valence-corrected chi connectivity index (χ2v) is 5.76. The van der Waals surface area contributed by atoms with Crippen LogP contribution in [0.25, 0.3) is 0 Å². The molecule has 1 unspecified atom stereocenters. The molecule has 1 saturated carbocycles. The highest BCUT2D eigenvalue weighted by Gasteiger charge is 2.12. The molecule has 0 aromatic rings. The maximum atomic E-state index is 11.9. The van der Waals surface area contributed by atoms with Crippen molar-refractivity contribution < 1.29 is 4.79 Å². The van der Waals surface area contributed by atoms with Crippen molar-refractivity contribution in [2.24, 2.45) is 5.92 Å². The van der Waals surface area contributed by atoms with E-state index in [2.05, 4.69) is 19.9 Å². The quantitative estimate of drug-likeness (QED) is 0.582. The average Bonchev–Trinajstić information content (AvgIpc) is 2.23. The molecule has 0 spiro atoms. The van der Waals surface area contributed by atoms with E-state index < -0.39 is 0 Å². The van der Waals surface area contributed by atoms with Crippen LogP contribution in [0.2, 0.25) is 0 Å². The summed E-state index contributed by atoms with van der Waals surface area (Å²) in [4.78, 5) is 11.9. The lowest BCUT2D eigenvalue weighted by atomic mass is 9.91. The standard InChI is InChI=1S/C16H28O/c1-14(2)12-15-10-8-6-4-3-5-7-9-11-16(17)13-15/h12,15H,3-11,13H2,1-2H3. The molecular formula is C16H28O. The molecule has 1 aliphatic rings. The Hall–Kier alpha value is -0.590. The Morgan fingerprint density at radius 2 is 1.59 bits per heavy atom. The van der Waals surface area contributed by atoms with Crippen molar-refractivity contribution in [3.8, 4) is 0 Å². The van der Waals surface area contributed by atoms with Gasteiger partial charge in [-0.1, -0.05) is 50.2 Å². The molecule has 0 heterocycles. The minimum atomic E-state index is 0.480. The lowest BCUT2D eigenvalue weighted by molar-refractivity contribution is -0.119. The second kappa shape index (κ2) is 8.49. The van der Waals surface area contributed by atoms with Gasteiger partial charge in [0.25, 0.3) is 0 Å². The first kappa shape index (κ1) is 14.5. The van der Waals surface area contributed by atoms with Crippen LogP contribution in [0.3, 0.4) is 0 Å². The van der Waals surface area contributed by atoms with Crippen molar-refractivity contribution in [1.82, 2.24) is 0 Å². The van der Waals surface area contributed by atoms with Gasteiger partial charge in [-0.3, -0.25) is 4.79 Å². The van der Waals surface area contributed by atoms with Gasteiger partial charge in [-0.05, 0) is 32.6 Å². The van der Waals surface area contributed by atoms with Crippen LogP contribution in [0.5, 0.6) is 0 Å². The van der Waals surface area contributed by atoms with E-state index in [9.17, 15) is 4.79 Å². The molecule has 1 aliphatic carbocycles. The van der Waals surface area contributed by atoms with Crippen molar-refractivity contribution in [3.05, 3.63) is 11.6 Å². The van der Waals surface area contributed by atoms with Crippen molar-refractivity contribution in [2.45, 2.75) is 78.1 Å². The highest BCUT2D eigenvalue weighted by atomic mass is 16.1. The highest BCUT2D eigenvalue weighted by Crippen LogP contribution is 2.21. The molecule has 1 atom stereocenters. The van der Waals surface area contributed by atoms with Crippen LogP contribution in [-0.4, -0.2) is 5.78 Å². The summed E-state index contributed by atoms with van der Waals surface area (Å²) in [5, 5.41) is 0. The first-order chi connectivity index (χ1) is 8.18. The summed E-state index contributed by atoms with van der Waals surface area (Å²) in [7, 11) is 0. The van der Waals surface area contributed by atoms with Gasteiger partial charge < -0.3 is 0 Å². The molecule has 0 aliphatic heterocycles. The Morgan fingerprint density at radius 1 is 1.00 bits per heavy atom. The Labute approximate surface area is 107 Å². The van der Waals surface area contributed by atoms with Gasteiger partial charge in [0, 0.05) is 12.8 Å². The third-order valence-electron chi connectivity index (χ3n) is 3.59. The third kappa shape index (κ3) is 7.36. The average molecular weight is 236 g/mol. The molecule has 0 aromatic heterocycles. The smallest absolute Gasteiger partial charge is 0.133 e. The van der Waals surface area contributed by atoms with Crippen molar-refractivity contribution >= 4 is 5.78 Å². The number of carbonyl (C=O) groups excluding carboxylic acids is 1. The summed E-state index contributed by atoms with van der Waals surface area (Å²) in [6, 6.07) is 0. The Morgan fingerprint density at radius 3 is 2.24 bits per heavy atom. The van der Waals surface area contributed by atoms with Gasteiger partial charge in [0.05, 0.1) is 0 Å². The molecule has 1 heteroatoms. The van der Waals surface area contributed by atoms with Gasteiger partial charge in [-0.2, -0.15) is 0 Å². The molecule has 98 valence electrons. The van der Waals surface area contributed by atoms with E-state index in [1.165, 1.54) is 50.5 Å². The number of ketones is 1. The second-order valence-electron chi connectivity index (χ2n) is 5.76. The molecule has 0 aromatic carbocycles. The zero-order chi connectivity index (χ0) is 12.5. The first-order valence-corrected chi connectivity index (χ1v) is 7.35. The largest absolute Gasteiger partial charge is 0.300 e. The summed E-state index contributed by atoms with van der Waals surface area (Å²) >= 11 is 0. The van der Waals surface area contributed by atoms with Crippen LogP contribution >= 0.6 is 0 Å². The van der Waals surface area contributed by atoms with E-state index in [0.717, 1.165) is 19.3 Å². The molecular weight excluding hydrogens is 208 g/mol. The van der Waals surface area contributed by atoms with Crippen LogP contribution in [0.15, 0.2) is 11.6 Å². The number of hydrogen-bond donors (Lipinski definition) is 0. The summed E-state index contributed by atoms with van der Waals surface area (Å²) in [5.41, 5.74) is 1.36. The van der Waals surface area contributed by atoms with E-state index in [0.29, 0.717) is 11.7 Å². The summed E-state index contributed by atoms with van der Waals surface area (Å²) in [5.74, 6) is 0.986. The molecule has 0 saturated heterocycles. The Balaban J connectivity index is 2.48. The van der Waals surface area contributed by atoms with Gasteiger partial charge in [0.15, 0.2) is 0 Å². The fourth-order valence-electron chi connectivity index (χ4n) is 2.72. The minimum absolute atomic E-state index is 0.480. The monoisotopic (exact) mass is 236 g/mol. The zero-order valence-electron chi connectivity index (χ0n) is 11.6. The summed E-state index contributed by atoms with van der Waals surface area (Å²) in [6.45, 7) is 4.28. The number of Topliss-reactive ketones (excluding diaryl/α,β-unsaturated/α-hetero) is 1. The maximum absolute atomic E-state index is 11.9. The van der Waals surface area contributed by atoms with E-state index in [-0.39, 0.29) is 0 Å². The van der Waals surface area contributed by atoms with Crippen LogP contribution in [0.1, 0.15) is 78.1 Å². The summed E-state index contributed by atoms with van der Waals surface area (Å²) < 4.78 is 0. The summed E-state index contributed by atoms with van der Waals surface area (Å²) in [6.07, 6.45) is 14.2. The highest BCUT2D eigenvalue weighted by molar-refractivity contribution is 5.78. The van der Waals surface area contributed by atoms with Crippen molar-refractivity contribution in [3.63, 3.8) is 0 Å². The van der Waals surface area contributed by atoms with Gasteiger partial charge in [-0.25, -0.2) is 0 Å². The predicted octanol–water partition coefficient (Wildman–Crippen LogP) is 5.05.